The third kappa shape index (κ3) is 2.72. The normalized spacial score (nSPS) is 28.1. The van der Waals surface area contributed by atoms with Gasteiger partial charge in [0.15, 0.2) is 0 Å². The van der Waals surface area contributed by atoms with E-state index >= 15 is 0 Å². The van der Waals surface area contributed by atoms with Crippen LogP contribution in [0.5, 0.6) is 0 Å². The summed E-state index contributed by atoms with van der Waals surface area (Å²) in [6, 6.07) is 0. The number of hydrogen-bond donors (Lipinski definition) is 1. The van der Waals surface area contributed by atoms with E-state index in [4.69, 9.17) is 9.84 Å². The zero-order chi connectivity index (χ0) is 14.2. The van der Waals surface area contributed by atoms with Gasteiger partial charge in [-0.15, -0.1) is 0 Å². The number of aliphatic carboxylic acids is 1. The predicted octanol–water partition coefficient (Wildman–Crippen LogP) is 2.70. The van der Waals surface area contributed by atoms with Crippen molar-refractivity contribution in [2.45, 2.75) is 45.6 Å². The average molecular weight is 264 g/mol. The molecular weight excluding hydrogens is 244 g/mol. The molecule has 2 rings (SSSR count). The number of carbonyl (C=O) groups is 2. The number of esters is 1. The second-order valence-electron chi connectivity index (χ2n) is 5.62. The third-order valence-electron chi connectivity index (χ3n) is 4.30. The fraction of sp³-hybridized carbons (Fsp3) is 0.600. The molecule has 0 bridgehead atoms. The SMILES string of the molecule is C=C1C(=O)O[C@@H]2CC(C)=C([C@@H](C)CCC(=O)O)C[C@H]12. The summed E-state index contributed by atoms with van der Waals surface area (Å²) in [5, 5.41) is 8.76. The van der Waals surface area contributed by atoms with E-state index in [2.05, 4.69) is 20.4 Å². The number of hydrogen-bond acceptors (Lipinski definition) is 3. The molecule has 0 unspecified atom stereocenters. The van der Waals surface area contributed by atoms with E-state index in [0.717, 1.165) is 12.8 Å². The van der Waals surface area contributed by atoms with Crippen LogP contribution in [0, 0.1) is 11.8 Å². The molecule has 2 aliphatic rings. The monoisotopic (exact) mass is 264 g/mol. The summed E-state index contributed by atoms with van der Waals surface area (Å²) in [6.45, 7) is 7.93. The Morgan fingerprint density at radius 3 is 2.84 bits per heavy atom. The first-order valence-electron chi connectivity index (χ1n) is 6.70. The molecule has 0 saturated carbocycles. The highest BCUT2D eigenvalue weighted by Crippen LogP contribution is 2.43. The first kappa shape index (κ1) is 13.8. The van der Waals surface area contributed by atoms with Crippen LogP contribution in [-0.2, 0) is 14.3 Å². The minimum Gasteiger partial charge on any atom is -0.481 e. The molecule has 1 N–H and O–H groups in total. The van der Waals surface area contributed by atoms with Crippen molar-refractivity contribution in [1.82, 2.24) is 0 Å². The smallest absolute Gasteiger partial charge is 0.334 e. The molecule has 0 aromatic heterocycles. The standard InChI is InChI=1S/C15H20O4/c1-8(4-5-14(16)17)11-7-12-10(3)15(18)19-13(12)6-9(11)2/h8,12-13H,3-7H2,1-2H3,(H,16,17)/t8-,12+,13+/m0/s1. The highest BCUT2D eigenvalue weighted by molar-refractivity contribution is 5.91. The van der Waals surface area contributed by atoms with Crippen LogP contribution in [0.3, 0.4) is 0 Å². The van der Waals surface area contributed by atoms with Crippen LogP contribution in [0.4, 0.5) is 0 Å². The van der Waals surface area contributed by atoms with E-state index in [1.807, 2.05) is 0 Å². The van der Waals surface area contributed by atoms with Crippen molar-refractivity contribution >= 4 is 11.9 Å². The Kier molecular flexibility index (Phi) is 3.78. The Morgan fingerprint density at radius 2 is 2.21 bits per heavy atom. The van der Waals surface area contributed by atoms with E-state index in [-0.39, 0.29) is 30.3 Å². The Balaban J connectivity index is 2.09. The largest absolute Gasteiger partial charge is 0.481 e. The molecule has 104 valence electrons. The lowest BCUT2D eigenvalue weighted by Crippen LogP contribution is -2.25. The van der Waals surface area contributed by atoms with E-state index in [0.29, 0.717) is 12.0 Å². The summed E-state index contributed by atoms with van der Waals surface area (Å²) < 4.78 is 5.31. The van der Waals surface area contributed by atoms with Crippen molar-refractivity contribution in [2.75, 3.05) is 0 Å². The lowest BCUT2D eigenvalue weighted by Gasteiger charge is -2.30. The molecule has 0 aromatic rings. The molecule has 1 fully saturated rings. The van der Waals surface area contributed by atoms with Crippen LogP contribution in [0.15, 0.2) is 23.3 Å². The van der Waals surface area contributed by atoms with Gasteiger partial charge in [0.2, 0.25) is 0 Å². The summed E-state index contributed by atoms with van der Waals surface area (Å²) in [7, 11) is 0. The minimum absolute atomic E-state index is 0.0598. The molecule has 3 atom stereocenters. The van der Waals surface area contributed by atoms with Gasteiger partial charge in [-0.2, -0.15) is 0 Å². The van der Waals surface area contributed by atoms with Crippen LogP contribution >= 0.6 is 0 Å². The van der Waals surface area contributed by atoms with E-state index in [1.54, 1.807) is 0 Å². The van der Waals surface area contributed by atoms with Gasteiger partial charge in [0.25, 0.3) is 0 Å². The predicted molar refractivity (Wildman–Crippen MR) is 70.5 cm³/mol. The Bertz CT molecular complexity index is 461. The molecule has 1 aliphatic heterocycles. The van der Waals surface area contributed by atoms with Gasteiger partial charge in [0.1, 0.15) is 6.10 Å². The third-order valence-corrected chi connectivity index (χ3v) is 4.30. The number of carboxylic acid groups (broad SMARTS) is 1. The Morgan fingerprint density at radius 1 is 1.53 bits per heavy atom. The Labute approximate surface area is 113 Å². The highest BCUT2D eigenvalue weighted by Gasteiger charge is 2.42. The number of allylic oxidation sites excluding steroid dienone is 1. The molecule has 0 amide bonds. The summed E-state index contributed by atoms with van der Waals surface area (Å²) in [5.41, 5.74) is 3.09. The fourth-order valence-corrected chi connectivity index (χ4v) is 3.09. The zero-order valence-corrected chi connectivity index (χ0v) is 11.4. The van der Waals surface area contributed by atoms with Crippen molar-refractivity contribution in [2.24, 2.45) is 11.8 Å². The van der Waals surface area contributed by atoms with E-state index in [1.165, 1.54) is 11.1 Å². The first-order chi connectivity index (χ1) is 8.90. The minimum atomic E-state index is -0.762. The fourth-order valence-electron chi connectivity index (χ4n) is 3.09. The first-order valence-corrected chi connectivity index (χ1v) is 6.70. The van der Waals surface area contributed by atoms with E-state index in [9.17, 15) is 9.59 Å². The quantitative estimate of drug-likeness (QED) is 0.481. The summed E-state index contributed by atoms with van der Waals surface area (Å²) >= 11 is 0. The molecule has 1 heterocycles. The van der Waals surface area contributed by atoms with Crippen LogP contribution in [-0.4, -0.2) is 23.1 Å². The van der Waals surface area contributed by atoms with Gasteiger partial charge in [-0.1, -0.05) is 24.6 Å². The topological polar surface area (TPSA) is 63.6 Å². The van der Waals surface area contributed by atoms with Gasteiger partial charge in [0, 0.05) is 24.3 Å². The highest BCUT2D eigenvalue weighted by atomic mass is 16.6. The number of carbonyl (C=O) groups excluding carboxylic acids is 1. The van der Waals surface area contributed by atoms with Gasteiger partial charge in [-0.3, -0.25) is 4.79 Å². The summed E-state index contributed by atoms with van der Waals surface area (Å²) in [4.78, 5) is 22.2. The molecule has 19 heavy (non-hydrogen) atoms. The number of carboxylic acids is 1. The summed E-state index contributed by atoms with van der Waals surface area (Å²) in [6.07, 6.45) is 2.29. The summed E-state index contributed by atoms with van der Waals surface area (Å²) in [5.74, 6) is -0.719. The molecule has 0 aromatic carbocycles. The second-order valence-corrected chi connectivity index (χ2v) is 5.62. The molecule has 0 spiro atoms. The maximum absolute atomic E-state index is 11.5. The van der Waals surface area contributed by atoms with Crippen LogP contribution in [0.1, 0.15) is 39.5 Å². The van der Waals surface area contributed by atoms with Gasteiger partial charge < -0.3 is 9.84 Å². The molecule has 0 radical (unpaired) electrons. The molecule has 4 heteroatoms. The Hall–Kier alpha value is -1.58. The maximum atomic E-state index is 11.5. The van der Waals surface area contributed by atoms with E-state index < -0.39 is 5.97 Å². The van der Waals surface area contributed by atoms with Gasteiger partial charge in [0.05, 0.1) is 0 Å². The van der Waals surface area contributed by atoms with Crippen LogP contribution in [0.2, 0.25) is 0 Å². The number of ether oxygens (including phenoxy) is 1. The lowest BCUT2D eigenvalue weighted by molar-refractivity contribution is -0.139. The van der Waals surface area contributed by atoms with Crippen molar-refractivity contribution in [3.63, 3.8) is 0 Å². The second kappa shape index (κ2) is 5.19. The van der Waals surface area contributed by atoms with Crippen LogP contribution in [0.25, 0.3) is 0 Å². The number of rotatable bonds is 4. The van der Waals surface area contributed by atoms with Crippen molar-refractivity contribution < 1.29 is 19.4 Å². The zero-order valence-electron chi connectivity index (χ0n) is 11.4. The number of fused-ring (bicyclic) bond motifs is 1. The van der Waals surface area contributed by atoms with Crippen molar-refractivity contribution in [1.29, 1.82) is 0 Å². The van der Waals surface area contributed by atoms with Crippen molar-refractivity contribution in [3.8, 4) is 0 Å². The van der Waals surface area contributed by atoms with Gasteiger partial charge in [-0.05, 0) is 25.7 Å². The maximum Gasteiger partial charge on any atom is 0.334 e. The molecule has 1 aliphatic carbocycles. The molecule has 4 nitrogen and oxygen atoms in total. The van der Waals surface area contributed by atoms with Crippen LogP contribution < -0.4 is 0 Å². The van der Waals surface area contributed by atoms with Gasteiger partial charge in [-0.25, -0.2) is 4.79 Å². The average Bonchev–Trinajstić information content (AvgIpc) is 2.60. The molecule has 1 saturated heterocycles. The lowest BCUT2D eigenvalue weighted by atomic mass is 9.75. The molecular formula is C15H20O4. The van der Waals surface area contributed by atoms with Gasteiger partial charge >= 0.3 is 11.9 Å². The van der Waals surface area contributed by atoms with Crippen molar-refractivity contribution in [3.05, 3.63) is 23.3 Å².